The molecule has 1 fully saturated rings. The molecular formula is C16H28BO13P3. The second kappa shape index (κ2) is 11.0. The summed E-state index contributed by atoms with van der Waals surface area (Å²) in [7, 11) is -10.8. The number of phosphoric ester groups is 1. The summed E-state index contributed by atoms with van der Waals surface area (Å²) in [5.41, 5.74) is -1.30. The highest BCUT2D eigenvalue weighted by atomic mass is 31.3. The molecule has 0 aromatic rings. The van der Waals surface area contributed by atoms with Crippen LogP contribution in [0.2, 0.25) is 0 Å². The van der Waals surface area contributed by atoms with Crippen LogP contribution >= 0.6 is 23.5 Å². The number of phosphoric acid groups is 3. The van der Waals surface area contributed by atoms with Gasteiger partial charge in [0, 0.05) is 18.8 Å². The molecule has 17 heteroatoms. The first kappa shape index (κ1) is 30.5. The fourth-order valence-corrected chi connectivity index (χ4v) is 6.42. The largest absolute Gasteiger partial charge is 0.490 e. The molecule has 0 aliphatic carbocycles. The van der Waals surface area contributed by atoms with E-state index in [0.717, 1.165) is 0 Å². The summed E-state index contributed by atoms with van der Waals surface area (Å²) in [6.07, 6.45) is 4.09. The van der Waals surface area contributed by atoms with Crippen molar-refractivity contribution in [3.8, 4) is 12.3 Å². The van der Waals surface area contributed by atoms with E-state index in [1.165, 1.54) is 0 Å². The van der Waals surface area contributed by atoms with Gasteiger partial charge in [-0.05, 0) is 25.7 Å². The SMILES string of the molecule is [B][C@H]1C[C@@H](OC(=O)C(C)(C)CC(C)(C)CC#C)C(COP(=O)(O)OP(=O)(O)OP(=O)(O)O)O1. The molecule has 1 heterocycles. The van der Waals surface area contributed by atoms with Crippen LogP contribution in [0.1, 0.15) is 47.0 Å². The lowest BCUT2D eigenvalue weighted by molar-refractivity contribution is -0.164. The third kappa shape index (κ3) is 11.2. The molecule has 33 heavy (non-hydrogen) atoms. The van der Waals surface area contributed by atoms with Gasteiger partial charge >= 0.3 is 29.4 Å². The fraction of sp³-hybridized carbons (Fsp3) is 0.812. The number of carbonyl (C=O) groups is 1. The Morgan fingerprint density at radius 1 is 1.12 bits per heavy atom. The molecule has 0 saturated carbocycles. The molecule has 1 rings (SSSR count). The molecule has 0 spiro atoms. The summed E-state index contributed by atoms with van der Waals surface area (Å²) in [5.74, 6) is 1.96. The van der Waals surface area contributed by atoms with E-state index in [2.05, 4.69) is 19.1 Å². The zero-order valence-electron chi connectivity index (χ0n) is 18.5. The predicted molar refractivity (Wildman–Crippen MR) is 114 cm³/mol. The van der Waals surface area contributed by atoms with Gasteiger partial charge in [0.25, 0.3) is 0 Å². The molecular weight excluding hydrogens is 504 g/mol. The monoisotopic (exact) mass is 532 g/mol. The Kier molecular flexibility index (Phi) is 10.2. The molecule has 1 aliphatic rings. The third-order valence-corrected chi connectivity index (χ3v) is 8.16. The minimum absolute atomic E-state index is 0.0278. The standard InChI is InChI=1S/C16H28BO13P3/c1-6-7-15(2,3)10-16(4,5)14(18)28-11-8-13(17)27-12(11)9-26-32(22,23)30-33(24,25)29-31(19,20)21/h1,11-13H,7-10H2,2-5H3,(H,22,23)(H,24,25)(H2,19,20,21)/t11-,12?,13-/m1/s1. The van der Waals surface area contributed by atoms with Crippen LogP contribution in [0.3, 0.4) is 0 Å². The van der Waals surface area contributed by atoms with Gasteiger partial charge in [0.1, 0.15) is 20.1 Å². The zero-order chi connectivity index (χ0) is 25.9. The Morgan fingerprint density at radius 3 is 2.21 bits per heavy atom. The highest BCUT2D eigenvalue weighted by molar-refractivity contribution is 7.66. The van der Waals surface area contributed by atoms with Gasteiger partial charge < -0.3 is 29.0 Å². The molecule has 0 amide bonds. The van der Waals surface area contributed by atoms with Crippen LogP contribution in [0.4, 0.5) is 0 Å². The minimum Gasteiger partial charge on any atom is -0.459 e. The van der Waals surface area contributed by atoms with Gasteiger partial charge in [-0.1, -0.05) is 13.8 Å². The van der Waals surface area contributed by atoms with E-state index in [9.17, 15) is 28.3 Å². The van der Waals surface area contributed by atoms with Crippen LogP contribution in [0.15, 0.2) is 0 Å². The van der Waals surface area contributed by atoms with E-state index < -0.39 is 59.7 Å². The number of rotatable bonds is 12. The Balaban J connectivity index is 2.79. The molecule has 5 atom stereocenters. The third-order valence-electron chi connectivity index (χ3n) is 4.36. The molecule has 0 bridgehead atoms. The number of terminal acetylenes is 1. The summed E-state index contributed by atoms with van der Waals surface area (Å²) in [6.45, 7) is 6.37. The van der Waals surface area contributed by atoms with Crippen molar-refractivity contribution in [3.05, 3.63) is 0 Å². The van der Waals surface area contributed by atoms with Gasteiger partial charge in [-0.25, -0.2) is 13.7 Å². The maximum Gasteiger partial charge on any atom is 0.490 e. The average molecular weight is 532 g/mol. The van der Waals surface area contributed by atoms with Crippen LogP contribution in [0, 0.1) is 23.2 Å². The molecule has 3 unspecified atom stereocenters. The van der Waals surface area contributed by atoms with Crippen LogP contribution in [0.5, 0.6) is 0 Å². The van der Waals surface area contributed by atoms with Gasteiger partial charge in [0.05, 0.1) is 12.0 Å². The lowest BCUT2D eigenvalue weighted by Gasteiger charge is -2.33. The Morgan fingerprint density at radius 2 is 1.70 bits per heavy atom. The molecule has 1 saturated heterocycles. The van der Waals surface area contributed by atoms with Crippen molar-refractivity contribution in [2.24, 2.45) is 10.8 Å². The van der Waals surface area contributed by atoms with Crippen LogP contribution in [0.25, 0.3) is 0 Å². The summed E-state index contributed by atoms with van der Waals surface area (Å²) < 4.78 is 56.6. The van der Waals surface area contributed by atoms with E-state index in [1.54, 1.807) is 13.8 Å². The smallest absolute Gasteiger partial charge is 0.459 e. The molecule has 2 radical (unpaired) electrons. The number of carbonyl (C=O) groups excluding carboxylic acids is 1. The Bertz CT molecular complexity index is 893. The second-order valence-corrected chi connectivity index (χ2v) is 13.3. The van der Waals surface area contributed by atoms with Gasteiger partial charge in [-0.3, -0.25) is 9.32 Å². The predicted octanol–water partition coefficient (Wildman–Crippen LogP) is 1.99. The first-order valence-corrected chi connectivity index (χ1v) is 14.0. The van der Waals surface area contributed by atoms with Crippen LogP contribution in [-0.4, -0.2) is 58.2 Å². The lowest BCUT2D eigenvalue weighted by atomic mass is 9.73. The van der Waals surface area contributed by atoms with Crippen molar-refractivity contribution in [1.82, 2.24) is 0 Å². The van der Waals surface area contributed by atoms with Crippen molar-refractivity contribution in [1.29, 1.82) is 0 Å². The van der Waals surface area contributed by atoms with Gasteiger partial charge in [0.15, 0.2) is 0 Å². The molecule has 188 valence electrons. The van der Waals surface area contributed by atoms with Crippen molar-refractivity contribution >= 4 is 37.3 Å². The van der Waals surface area contributed by atoms with E-state index in [-0.39, 0.29) is 11.8 Å². The van der Waals surface area contributed by atoms with E-state index in [4.69, 9.17) is 33.5 Å². The highest BCUT2D eigenvalue weighted by Gasteiger charge is 2.44. The fourth-order valence-electron chi connectivity index (χ4n) is 3.39. The highest BCUT2D eigenvalue weighted by Crippen LogP contribution is 2.66. The molecule has 0 aromatic carbocycles. The van der Waals surface area contributed by atoms with Gasteiger partial charge in [-0.15, -0.1) is 12.3 Å². The average Bonchev–Trinajstić information content (AvgIpc) is 2.87. The first-order valence-electron chi connectivity index (χ1n) is 9.51. The Labute approximate surface area is 193 Å². The topological polar surface area (TPSA) is 195 Å². The minimum atomic E-state index is -5.66. The first-order chi connectivity index (χ1) is 14.7. The van der Waals surface area contributed by atoms with Crippen molar-refractivity contribution in [3.63, 3.8) is 0 Å². The number of esters is 1. The maximum absolute atomic E-state index is 12.8. The number of hydrogen-bond donors (Lipinski definition) is 4. The Hall–Kier alpha value is -0.535. The van der Waals surface area contributed by atoms with Crippen LogP contribution < -0.4 is 0 Å². The van der Waals surface area contributed by atoms with Crippen LogP contribution in [-0.2, 0) is 41.1 Å². The number of ether oxygens (including phenoxy) is 2. The van der Waals surface area contributed by atoms with Crippen molar-refractivity contribution < 1.29 is 60.7 Å². The summed E-state index contributed by atoms with van der Waals surface area (Å²) >= 11 is 0. The van der Waals surface area contributed by atoms with Crippen molar-refractivity contribution in [2.45, 2.75) is 65.2 Å². The normalized spacial score (nSPS) is 25.6. The summed E-state index contributed by atoms with van der Waals surface area (Å²) in [6, 6.07) is -0.904. The van der Waals surface area contributed by atoms with E-state index >= 15 is 0 Å². The number of hydrogen-bond acceptors (Lipinski definition) is 9. The molecule has 1 aliphatic heterocycles. The maximum atomic E-state index is 12.8. The lowest BCUT2D eigenvalue weighted by Crippen LogP contribution is -2.38. The van der Waals surface area contributed by atoms with E-state index in [1.807, 2.05) is 13.8 Å². The summed E-state index contributed by atoms with van der Waals surface area (Å²) in [5, 5.41) is 0. The quantitative estimate of drug-likeness (QED) is 0.123. The van der Waals surface area contributed by atoms with Gasteiger partial charge in [-0.2, -0.15) is 8.62 Å². The molecule has 4 N–H and O–H groups in total. The van der Waals surface area contributed by atoms with Gasteiger partial charge in [0.2, 0.25) is 0 Å². The van der Waals surface area contributed by atoms with E-state index in [0.29, 0.717) is 12.8 Å². The second-order valence-electron chi connectivity index (χ2n) is 8.88. The molecule has 13 nitrogen and oxygen atoms in total. The van der Waals surface area contributed by atoms with Crippen molar-refractivity contribution in [2.75, 3.05) is 6.61 Å². The molecule has 0 aromatic heterocycles. The summed E-state index contributed by atoms with van der Waals surface area (Å²) in [4.78, 5) is 48.6. The zero-order valence-corrected chi connectivity index (χ0v) is 21.2.